The van der Waals surface area contributed by atoms with Gasteiger partial charge in [-0.05, 0) is 47.2 Å². The van der Waals surface area contributed by atoms with Gasteiger partial charge < -0.3 is 24.8 Å². The van der Waals surface area contributed by atoms with Gasteiger partial charge in [-0.1, -0.05) is 0 Å². The van der Waals surface area contributed by atoms with Crippen molar-refractivity contribution >= 4 is 50.8 Å². The predicted molar refractivity (Wildman–Crippen MR) is 109 cm³/mol. The lowest BCUT2D eigenvalue weighted by atomic mass is 10.2. The number of rotatable bonds is 4. The fraction of sp³-hybridized carbons (Fsp3) is 0.263. The Morgan fingerprint density at radius 1 is 1.34 bits per heavy atom. The lowest BCUT2D eigenvalue weighted by molar-refractivity contribution is 0.0637. The highest BCUT2D eigenvalue weighted by Gasteiger charge is 2.37. The lowest BCUT2D eigenvalue weighted by Crippen LogP contribution is -2.38. The molecular weight excluding hydrogens is 499 g/mol. The van der Waals surface area contributed by atoms with E-state index in [9.17, 15) is 23.8 Å². The van der Waals surface area contributed by atoms with Gasteiger partial charge in [0.15, 0.2) is 11.4 Å². The molecule has 1 fully saturated rings. The van der Waals surface area contributed by atoms with Gasteiger partial charge in [0, 0.05) is 16.3 Å². The van der Waals surface area contributed by atoms with Gasteiger partial charge in [0.2, 0.25) is 5.76 Å². The number of aliphatic hydroxyl groups excluding tert-OH is 2. The van der Waals surface area contributed by atoms with Crippen molar-refractivity contribution in [1.82, 2.24) is 9.88 Å². The maximum absolute atomic E-state index is 14.4. The van der Waals surface area contributed by atoms with Crippen LogP contribution in [0.2, 0.25) is 0 Å². The molecule has 4 rings (SSSR count). The van der Waals surface area contributed by atoms with Crippen molar-refractivity contribution in [2.75, 3.05) is 18.5 Å². The van der Waals surface area contributed by atoms with E-state index in [1.807, 2.05) is 22.6 Å². The molecule has 3 heterocycles. The zero-order chi connectivity index (χ0) is 20.7. The first kappa shape index (κ1) is 20.0. The number of benzene rings is 1. The van der Waals surface area contributed by atoms with E-state index in [0.717, 1.165) is 6.20 Å². The number of nitrogens with one attached hydrogen (secondary N) is 1. The smallest absolute Gasteiger partial charge is 0.292 e. The van der Waals surface area contributed by atoms with Gasteiger partial charge in [0.25, 0.3) is 5.91 Å². The molecule has 10 heteroatoms. The molecule has 1 aliphatic rings. The average Bonchev–Trinajstić information content (AvgIpc) is 3.25. The molecule has 2 aromatic heterocycles. The topological polar surface area (TPSA) is 98.8 Å². The van der Waals surface area contributed by atoms with Gasteiger partial charge in [-0.15, -0.1) is 0 Å². The number of carbonyl (C=O) groups is 1. The van der Waals surface area contributed by atoms with Crippen LogP contribution in [-0.4, -0.2) is 51.3 Å². The summed E-state index contributed by atoms with van der Waals surface area (Å²) in [6.45, 7) is -0.341. The third-order valence-corrected chi connectivity index (χ3v) is 5.47. The van der Waals surface area contributed by atoms with Gasteiger partial charge in [-0.3, -0.25) is 9.78 Å². The Morgan fingerprint density at radius 3 is 2.86 bits per heavy atom. The van der Waals surface area contributed by atoms with E-state index in [4.69, 9.17) is 4.42 Å². The Kier molecular flexibility index (Phi) is 5.40. The van der Waals surface area contributed by atoms with E-state index in [0.29, 0.717) is 3.57 Å². The van der Waals surface area contributed by atoms with Crippen LogP contribution in [0.4, 0.5) is 20.2 Å². The Labute approximate surface area is 177 Å². The van der Waals surface area contributed by atoms with Gasteiger partial charge >= 0.3 is 0 Å². The highest BCUT2D eigenvalue weighted by Crippen LogP contribution is 2.36. The number of carbonyl (C=O) groups excluding carboxylic acids is 1. The van der Waals surface area contributed by atoms with Crippen molar-refractivity contribution in [2.24, 2.45) is 0 Å². The van der Waals surface area contributed by atoms with Gasteiger partial charge in [-0.2, -0.15) is 0 Å². The highest BCUT2D eigenvalue weighted by molar-refractivity contribution is 14.1. The van der Waals surface area contributed by atoms with Crippen molar-refractivity contribution in [2.45, 2.75) is 18.6 Å². The van der Waals surface area contributed by atoms with Gasteiger partial charge in [-0.25, -0.2) is 8.78 Å². The molecule has 3 N–H and O–H groups in total. The number of furan rings is 1. The SMILES string of the molecule is O=C(c1oc2c(F)cncc2c1Nc1ccc(I)cc1F)N1C[C@H](O)C[C@H]1CO. The summed E-state index contributed by atoms with van der Waals surface area (Å²) in [6.07, 6.45) is 1.69. The van der Waals surface area contributed by atoms with Crippen molar-refractivity contribution in [3.63, 3.8) is 0 Å². The summed E-state index contributed by atoms with van der Waals surface area (Å²) in [5.74, 6) is -2.23. The second-order valence-electron chi connectivity index (χ2n) is 6.74. The van der Waals surface area contributed by atoms with Gasteiger partial charge in [0.05, 0.1) is 36.0 Å². The molecule has 0 saturated carbocycles. The number of halogens is 3. The van der Waals surface area contributed by atoms with Crippen LogP contribution in [0, 0.1) is 15.2 Å². The molecule has 1 saturated heterocycles. The molecule has 1 amide bonds. The maximum atomic E-state index is 14.4. The number of fused-ring (bicyclic) bond motifs is 1. The first-order valence-electron chi connectivity index (χ1n) is 8.77. The van der Waals surface area contributed by atoms with E-state index >= 15 is 0 Å². The summed E-state index contributed by atoms with van der Waals surface area (Å²) in [6, 6.07) is 3.88. The minimum absolute atomic E-state index is 0.000823. The van der Waals surface area contributed by atoms with Crippen molar-refractivity contribution in [3.05, 3.63) is 51.6 Å². The molecule has 1 aliphatic heterocycles. The lowest BCUT2D eigenvalue weighted by Gasteiger charge is -2.22. The Bertz CT molecular complexity index is 1090. The van der Waals surface area contributed by atoms with Crippen LogP contribution in [-0.2, 0) is 0 Å². The third kappa shape index (κ3) is 3.67. The Hall–Kier alpha value is -2.31. The first-order valence-corrected chi connectivity index (χ1v) is 9.85. The largest absolute Gasteiger partial charge is 0.445 e. The summed E-state index contributed by atoms with van der Waals surface area (Å²) in [5.41, 5.74) is -0.0566. The molecule has 0 radical (unpaired) electrons. The first-order chi connectivity index (χ1) is 13.9. The molecule has 7 nitrogen and oxygen atoms in total. The maximum Gasteiger partial charge on any atom is 0.292 e. The van der Waals surface area contributed by atoms with Crippen LogP contribution >= 0.6 is 22.6 Å². The number of pyridine rings is 1. The number of aromatic nitrogens is 1. The van der Waals surface area contributed by atoms with Crippen LogP contribution in [0.3, 0.4) is 0 Å². The summed E-state index contributed by atoms with van der Waals surface area (Å²) in [7, 11) is 0. The number of nitrogens with zero attached hydrogens (tertiary/aromatic N) is 2. The normalized spacial score (nSPS) is 19.1. The summed E-state index contributed by atoms with van der Waals surface area (Å²) in [5, 5.41) is 22.4. The van der Waals surface area contributed by atoms with Crippen molar-refractivity contribution in [1.29, 1.82) is 0 Å². The number of hydrogen-bond acceptors (Lipinski definition) is 6. The molecule has 0 unspecified atom stereocenters. The van der Waals surface area contributed by atoms with E-state index in [1.54, 1.807) is 6.07 Å². The summed E-state index contributed by atoms with van der Waals surface area (Å²) >= 11 is 1.97. The second kappa shape index (κ2) is 7.84. The molecule has 152 valence electrons. The molecule has 0 bridgehead atoms. The third-order valence-electron chi connectivity index (χ3n) is 4.80. The zero-order valence-corrected chi connectivity index (χ0v) is 17.1. The van der Waals surface area contributed by atoms with Crippen molar-refractivity contribution in [3.8, 4) is 0 Å². The number of aliphatic hydroxyl groups is 2. The van der Waals surface area contributed by atoms with E-state index in [2.05, 4.69) is 10.3 Å². The minimum Gasteiger partial charge on any atom is -0.445 e. The number of hydrogen-bond donors (Lipinski definition) is 3. The molecule has 0 aliphatic carbocycles. The Morgan fingerprint density at radius 2 is 2.14 bits per heavy atom. The molecule has 3 aromatic rings. The quantitative estimate of drug-likeness (QED) is 0.463. The molecule has 1 aromatic carbocycles. The van der Waals surface area contributed by atoms with E-state index in [-0.39, 0.29) is 47.7 Å². The monoisotopic (exact) mass is 515 g/mol. The zero-order valence-electron chi connectivity index (χ0n) is 14.9. The fourth-order valence-electron chi connectivity index (χ4n) is 3.42. The van der Waals surface area contributed by atoms with Gasteiger partial charge in [0.1, 0.15) is 11.5 Å². The number of amides is 1. The van der Waals surface area contributed by atoms with E-state index < -0.39 is 29.7 Å². The highest BCUT2D eigenvalue weighted by atomic mass is 127. The molecule has 29 heavy (non-hydrogen) atoms. The standard InChI is InChI=1S/C19H16F2IN3O4/c20-13-3-9(22)1-2-15(13)24-16-12-5-23-6-14(21)17(12)29-18(16)19(28)25-7-11(27)4-10(25)8-26/h1-3,5-6,10-11,24,26-27H,4,7-8H2/t10-,11+/m0/s1. The number of likely N-dealkylation sites (tertiary alicyclic amines) is 1. The molecule has 0 spiro atoms. The molecule has 2 atom stereocenters. The number of β-amino-alcohol motifs (C(OH)–C–C–N with tert-alkyl or cyclic N) is 1. The van der Waals surface area contributed by atoms with Crippen LogP contribution in [0.1, 0.15) is 17.0 Å². The number of anilines is 2. The minimum atomic E-state index is -0.788. The van der Waals surface area contributed by atoms with Crippen LogP contribution in [0.25, 0.3) is 11.0 Å². The second-order valence-corrected chi connectivity index (χ2v) is 7.98. The van der Waals surface area contributed by atoms with Crippen LogP contribution in [0.15, 0.2) is 35.0 Å². The van der Waals surface area contributed by atoms with Crippen molar-refractivity contribution < 1.29 is 28.2 Å². The predicted octanol–water partition coefficient (Wildman–Crippen LogP) is 3.02. The van der Waals surface area contributed by atoms with E-state index in [1.165, 1.54) is 23.2 Å². The van der Waals surface area contributed by atoms with Crippen LogP contribution < -0.4 is 5.32 Å². The Balaban J connectivity index is 1.82. The average molecular weight is 515 g/mol. The summed E-state index contributed by atoms with van der Waals surface area (Å²) in [4.78, 5) is 18.2. The van der Waals surface area contributed by atoms with Crippen LogP contribution in [0.5, 0.6) is 0 Å². The molecular formula is C19H16F2IN3O4. The summed E-state index contributed by atoms with van der Waals surface area (Å²) < 4.78 is 34.8. The fourth-order valence-corrected chi connectivity index (χ4v) is 3.88.